The molecule has 1 aliphatic heterocycles. The molecule has 0 radical (unpaired) electrons. The Kier molecular flexibility index (Phi) is 4.79. The quantitative estimate of drug-likeness (QED) is 0.850. The van der Waals surface area contributed by atoms with E-state index in [1.807, 2.05) is 25.1 Å². The Bertz CT molecular complexity index is 801. The lowest BCUT2D eigenvalue weighted by Crippen LogP contribution is -2.36. The van der Waals surface area contributed by atoms with E-state index in [9.17, 15) is 0 Å². The van der Waals surface area contributed by atoms with Crippen LogP contribution in [-0.4, -0.2) is 17.7 Å². The summed E-state index contributed by atoms with van der Waals surface area (Å²) < 4.78 is 2.31. The average molecular weight is 330 g/mol. The normalized spacial score (nSPS) is 19.2. The number of piperidine rings is 1. The van der Waals surface area contributed by atoms with E-state index < -0.39 is 0 Å². The average Bonchev–Trinajstić information content (AvgIpc) is 2.85. The van der Waals surface area contributed by atoms with Crippen molar-refractivity contribution in [1.82, 2.24) is 9.88 Å². The standard InChI is InChI=1S/C19H24ClN3/c1-3-15-9-19(17-7-6-16(21)10-18(17)20)23(13(15)2)12-14-5-4-8-22-11-14/h3,6-7,9-10,14,22H,2,4-5,8,11-12,21H2,1H3/b15-3-/t14-/m1/s1. The fraction of sp³-hybridized carbons (Fsp3) is 0.368. The van der Waals surface area contributed by atoms with Crippen molar-refractivity contribution in [3.8, 4) is 11.3 Å². The second-order valence-electron chi connectivity index (χ2n) is 6.28. The summed E-state index contributed by atoms with van der Waals surface area (Å²) in [4.78, 5) is 0. The summed E-state index contributed by atoms with van der Waals surface area (Å²) in [5.74, 6) is 0.632. The van der Waals surface area contributed by atoms with E-state index in [0.29, 0.717) is 16.6 Å². The van der Waals surface area contributed by atoms with Gasteiger partial charge in [-0.15, -0.1) is 0 Å². The first-order valence-corrected chi connectivity index (χ1v) is 8.59. The van der Waals surface area contributed by atoms with Gasteiger partial charge in [0.25, 0.3) is 0 Å². The van der Waals surface area contributed by atoms with Gasteiger partial charge in [0.15, 0.2) is 0 Å². The first kappa shape index (κ1) is 16.2. The Hall–Kier alpha value is -1.71. The Balaban J connectivity index is 2.07. The summed E-state index contributed by atoms with van der Waals surface area (Å²) in [6.07, 6.45) is 4.60. The minimum absolute atomic E-state index is 0.632. The van der Waals surface area contributed by atoms with Crippen LogP contribution in [0, 0.1) is 5.92 Å². The van der Waals surface area contributed by atoms with E-state index in [0.717, 1.165) is 41.5 Å². The van der Waals surface area contributed by atoms with Gasteiger partial charge < -0.3 is 15.6 Å². The number of hydrogen-bond donors (Lipinski definition) is 2. The molecule has 0 unspecified atom stereocenters. The third-order valence-corrected chi connectivity index (χ3v) is 4.97. The molecule has 1 fully saturated rings. The van der Waals surface area contributed by atoms with Crippen LogP contribution >= 0.6 is 11.6 Å². The van der Waals surface area contributed by atoms with Crippen LogP contribution in [0.25, 0.3) is 23.9 Å². The smallest absolute Gasteiger partial charge is 0.0519 e. The van der Waals surface area contributed by atoms with Crippen LogP contribution in [0.15, 0.2) is 24.3 Å². The summed E-state index contributed by atoms with van der Waals surface area (Å²) in [7, 11) is 0. The van der Waals surface area contributed by atoms with Crippen LogP contribution in [0.5, 0.6) is 0 Å². The molecule has 1 atom stereocenters. The number of nitrogens with zero attached hydrogens (tertiary/aromatic N) is 1. The predicted octanol–water partition coefficient (Wildman–Crippen LogP) is 2.60. The van der Waals surface area contributed by atoms with E-state index in [1.54, 1.807) is 0 Å². The van der Waals surface area contributed by atoms with Crippen LogP contribution in [0.2, 0.25) is 5.02 Å². The Morgan fingerprint density at radius 1 is 1.43 bits per heavy atom. The van der Waals surface area contributed by atoms with Crippen molar-refractivity contribution in [2.75, 3.05) is 18.8 Å². The van der Waals surface area contributed by atoms with Crippen molar-refractivity contribution < 1.29 is 0 Å². The molecule has 0 amide bonds. The first-order chi connectivity index (χ1) is 11.1. The maximum Gasteiger partial charge on any atom is 0.0519 e. The maximum atomic E-state index is 6.45. The summed E-state index contributed by atoms with van der Waals surface area (Å²) in [6.45, 7) is 9.50. The first-order valence-electron chi connectivity index (χ1n) is 8.21. The van der Waals surface area contributed by atoms with Gasteiger partial charge in [-0.25, -0.2) is 0 Å². The monoisotopic (exact) mass is 329 g/mol. The lowest BCUT2D eigenvalue weighted by Gasteiger charge is -2.24. The molecule has 2 aromatic rings. The highest BCUT2D eigenvalue weighted by Gasteiger charge is 2.17. The van der Waals surface area contributed by atoms with Gasteiger partial charge >= 0.3 is 0 Å². The SMILES string of the molecule is C=c1/c(=C\C)cc(-c2ccc(N)cc2Cl)n1C[C@@H]1CCCNC1. The fourth-order valence-corrected chi connectivity index (χ4v) is 3.65. The molecule has 4 heteroatoms. The van der Waals surface area contributed by atoms with E-state index >= 15 is 0 Å². The van der Waals surface area contributed by atoms with Crippen LogP contribution in [0.4, 0.5) is 5.69 Å². The van der Waals surface area contributed by atoms with Gasteiger partial charge in [-0.2, -0.15) is 0 Å². The van der Waals surface area contributed by atoms with Gasteiger partial charge in [0.2, 0.25) is 0 Å². The number of aromatic nitrogens is 1. The number of nitrogen functional groups attached to an aromatic ring is 1. The molecule has 122 valence electrons. The lowest BCUT2D eigenvalue weighted by molar-refractivity contribution is 0.336. The molecule has 3 rings (SSSR count). The molecule has 1 saturated heterocycles. The number of anilines is 1. The highest BCUT2D eigenvalue weighted by atomic mass is 35.5. The zero-order valence-electron chi connectivity index (χ0n) is 13.6. The zero-order valence-corrected chi connectivity index (χ0v) is 14.4. The van der Waals surface area contributed by atoms with Crippen molar-refractivity contribution in [2.45, 2.75) is 26.3 Å². The third-order valence-electron chi connectivity index (χ3n) is 4.66. The number of hydrogen-bond acceptors (Lipinski definition) is 2. The van der Waals surface area contributed by atoms with Gasteiger partial charge in [-0.3, -0.25) is 0 Å². The number of benzene rings is 1. The van der Waals surface area contributed by atoms with E-state index in [-0.39, 0.29) is 0 Å². The molecule has 1 aliphatic rings. The lowest BCUT2D eigenvalue weighted by atomic mass is 9.99. The zero-order chi connectivity index (χ0) is 16.4. The predicted molar refractivity (Wildman–Crippen MR) is 99.8 cm³/mol. The Labute approximate surface area is 142 Å². The second kappa shape index (κ2) is 6.81. The van der Waals surface area contributed by atoms with Crippen molar-refractivity contribution in [3.05, 3.63) is 39.9 Å². The van der Waals surface area contributed by atoms with Gasteiger partial charge in [-0.1, -0.05) is 24.3 Å². The van der Waals surface area contributed by atoms with Crippen molar-refractivity contribution >= 4 is 29.9 Å². The van der Waals surface area contributed by atoms with Crippen molar-refractivity contribution in [1.29, 1.82) is 0 Å². The third kappa shape index (κ3) is 3.31. The number of rotatable bonds is 3. The molecule has 0 spiro atoms. The van der Waals surface area contributed by atoms with E-state index in [4.69, 9.17) is 17.3 Å². The maximum absolute atomic E-state index is 6.45. The summed E-state index contributed by atoms with van der Waals surface area (Å²) in [5, 5.41) is 6.40. The highest BCUT2D eigenvalue weighted by molar-refractivity contribution is 6.33. The molecule has 1 aromatic carbocycles. The number of nitrogens with one attached hydrogen (secondary N) is 1. The summed E-state index contributed by atoms with van der Waals surface area (Å²) in [6, 6.07) is 7.89. The molecule has 0 bridgehead atoms. The van der Waals surface area contributed by atoms with E-state index in [1.165, 1.54) is 12.8 Å². The summed E-state index contributed by atoms with van der Waals surface area (Å²) in [5.41, 5.74) is 8.66. The minimum atomic E-state index is 0.632. The van der Waals surface area contributed by atoms with Crippen LogP contribution in [0.3, 0.4) is 0 Å². The van der Waals surface area contributed by atoms with E-state index in [2.05, 4.69) is 28.6 Å². The topological polar surface area (TPSA) is 43.0 Å². The van der Waals surface area contributed by atoms with Crippen LogP contribution in [0.1, 0.15) is 19.8 Å². The second-order valence-corrected chi connectivity index (χ2v) is 6.69. The molecular formula is C19H24ClN3. The molecule has 0 aliphatic carbocycles. The minimum Gasteiger partial charge on any atom is -0.399 e. The Morgan fingerprint density at radius 3 is 2.91 bits per heavy atom. The van der Waals surface area contributed by atoms with Gasteiger partial charge in [-0.05, 0) is 68.3 Å². The molecule has 23 heavy (non-hydrogen) atoms. The Morgan fingerprint density at radius 2 is 2.26 bits per heavy atom. The largest absolute Gasteiger partial charge is 0.399 e. The van der Waals surface area contributed by atoms with Crippen molar-refractivity contribution in [3.63, 3.8) is 0 Å². The fourth-order valence-electron chi connectivity index (χ4n) is 3.37. The molecular weight excluding hydrogens is 306 g/mol. The summed E-state index contributed by atoms with van der Waals surface area (Å²) >= 11 is 6.45. The van der Waals surface area contributed by atoms with Crippen LogP contribution in [-0.2, 0) is 6.54 Å². The molecule has 3 nitrogen and oxygen atoms in total. The number of nitrogens with two attached hydrogens (primary N) is 1. The molecule has 1 aromatic heterocycles. The number of halogens is 1. The van der Waals surface area contributed by atoms with Gasteiger partial charge in [0.05, 0.1) is 10.7 Å². The van der Waals surface area contributed by atoms with Crippen LogP contribution < -0.4 is 21.6 Å². The molecule has 3 N–H and O–H groups in total. The highest BCUT2D eigenvalue weighted by Crippen LogP contribution is 2.29. The van der Waals surface area contributed by atoms with Gasteiger partial charge in [0.1, 0.15) is 0 Å². The molecule has 2 heterocycles. The molecule has 0 saturated carbocycles. The van der Waals surface area contributed by atoms with Gasteiger partial charge in [0, 0.05) is 23.1 Å². The van der Waals surface area contributed by atoms with Crippen molar-refractivity contribution in [2.24, 2.45) is 5.92 Å².